The Kier molecular flexibility index (Phi) is 2.95. The molecule has 0 radical (unpaired) electrons. The Balaban J connectivity index is 2.19. The maximum Gasteiger partial charge on any atom is 0.0855 e. The molecule has 15 heavy (non-hydrogen) atoms. The van der Waals surface area contributed by atoms with Crippen LogP contribution in [0, 0.1) is 0 Å². The van der Waals surface area contributed by atoms with E-state index < -0.39 is 0 Å². The fraction of sp³-hybridized carbons (Fsp3) is 0.727. The summed E-state index contributed by atoms with van der Waals surface area (Å²) in [5.41, 5.74) is 2.53. The van der Waals surface area contributed by atoms with Crippen LogP contribution in [0.15, 0.2) is 6.20 Å². The van der Waals surface area contributed by atoms with Gasteiger partial charge in [-0.3, -0.25) is 4.68 Å². The fourth-order valence-corrected chi connectivity index (χ4v) is 2.19. The average molecular weight is 208 g/mol. The molecule has 1 aliphatic rings. The minimum absolute atomic E-state index is 0.573. The summed E-state index contributed by atoms with van der Waals surface area (Å²) in [5.74, 6) is 0. The van der Waals surface area contributed by atoms with E-state index in [1.165, 1.54) is 11.4 Å². The lowest BCUT2D eigenvalue weighted by molar-refractivity contribution is 0.484. The Hall–Kier alpha value is -1.03. The molecule has 1 unspecified atom stereocenters. The standard InChI is InChI=1S/C11H20N4/c1-4-10-11(8-14(3)13-10)15-6-5-12-9(2)7-15/h8-9,12H,4-7H2,1-3H3. The molecule has 1 fully saturated rings. The number of hydrogen-bond donors (Lipinski definition) is 1. The van der Waals surface area contributed by atoms with Crippen LogP contribution in [-0.4, -0.2) is 35.5 Å². The molecule has 1 atom stereocenters. The van der Waals surface area contributed by atoms with Crippen molar-refractivity contribution in [2.45, 2.75) is 26.3 Å². The third-order valence-electron chi connectivity index (χ3n) is 2.93. The maximum atomic E-state index is 4.48. The van der Waals surface area contributed by atoms with Gasteiger partial charge in [-0.05, 0) is 13.3 Å². The van der Waals surface area contributed by atoms with Crippen LogP contribution in [0.3, 0.4) is 0 Å². The van der Waals surface area contributed by atoms with E-state index in [-0.39, 0.29) is 0 Å². The van der Waals surface area contributed by atoms with E-state index in [1.807, 2.05) is 11.7 Å². The third kappa shape index (κ3) is 2.15. The molecule has 0 aliphatic carbocycles. The zero-order chi connectivity index (χ0) is 10.8. The molecule has 2 heterocycles. The third-order valence-corrected chi connectivity index (χ3v) is 2.93. The van der Waals surface area contributed by atoms with Crippen LogP contribution >= 0.6 is 0 Å². The molecule has 0 amide bonds. The molecule has 1 aromatic rings. The first-order valence-corrected chi connectivity index (χ1v) is 5.71. The Morgan fingerprint density at radius 3 is 3.07 bits per heavy atom. The number of hydrogen-bond acceptors (Lipinski definition) is 3. The van der Waals surface area contributed by atoms with Gasteiger partial charge >= 0.3 is 0 Å². The smallest absolute Gasteiger partial charge is 0.0855 e. The van der Waals surface area contributed by atoms with E-state index in [4.69, 9.17) is 0 Å². The van der Waals surface area contributed by atoms with Crippen LogP contribution in [0.1, 0.15) is 19.5 Å². The van der Waals surface area contributed by atoms with E-state index in [0.717, 1.165) is 26.1 Å². The molecule has 0 saturated carbocycles. The summed E-state index contributed by atoms with van der Waals surface area (Å²) in [6.07, 6.45) is 3.14. The molecule has 1 saturated heterocycles. The molecule has 0 aromatic carbocycles. The average Bonchev–Trinajstić information content (AvgIpc) is 2.59. The molecule has 4 heteroatoms. The molecular formula is C11H20N4. The summed E-state index contributed by atoms with van der Waals surface area (Å²) in [7, 11) is 1.99. The molecule has 84 valence electrons. The molecule has 2 rings (SSSR count). The lowest BCUT2D eigenvalue weighted by Gasteiger charge is -2.33. The second kappa shape index (κ2) is 4.23. The Bertz CT molecular complexity index is 331. The number of rotatable bonds is 2. The summed E-state index contributed by atoms with van der Waals surface area (Å²) in [6, 6.07) is 0.573. The largest absolute Gasteiger partial charge is 0.366 e. The first-order valence-electron chi connectivity index (χ1n) is 5.71. The van der Waals surface area contributed by atoms with Crippen LogP contribution < -0.4 is 10.2 Å². The lowest BCUT2D eigenvalue weighted by atomic mass is 10.2. The number of nitrogens with zero attached hydrogens (tertiary/aromatic N) is 3. The normalized spacial score (nSPS) is 22.1. The minimum atomic E-state index is 0.573. The molecule has 0 bridgehead atoms. The number of piperazine rings is 1. The molecule has 1 N–H and O–H groups in total. The van der Waals surface area contributed by atoms with Gasteiger partial charge in [0, 0.05) is 38.9 Å². The number of anilines is 1. The van der Waals surface area contributed by atoms with Crippen molar-refractivity contribution in [2.24, 2.45) is 7.05 Å². The van der Waals surface area contributed by atoms with Crippen molar-refractivity contribution in [1.29, 1.82) is 0 Å². The van der Waals surface area contributed by atoms with Gasteiger partial charge in [0.2, 0.25) is 0 Å². The summed E-state index contributed by atoms with van der Waals surface area (Å²) in [5, 5.41) is 7.94. The van der Waals surface area contributed by atoms with Crippen LogP contribution in [-0.2, 0) is 13.5 Å². The first kappa shape index (κ1) is 10.5. The van der Waals surface area contributed by atoms with Crippen LogP contribution in [0.2, 0.25) is 0 Å². The van der Waals surface area contributed by atoms with Crippen molar-refractivity contribution in [1.82, 2.24) is 15.1 Å². The number of nitrogens with one attached hydrogen (secondary N) is 1. The summed E-state index contributed by atoms with van der Waals surface area (Å²) in [4.78, 5) is 2.44. The highest BCUT2D eigenvalue weighted by molar-refractivity contribution is 5.50. The van der Waals surface area contributed by atoms with Crippen molar-refractivity contribution in [2.75, 3.05) is 24.5 Å². The second-order valence-electron chi connectivity index (χ2n) is 4.29. The first-order chi connectivity index (χ1) is 7.20. The Labute approximate surface area is 91.3 Å². The van der Waals surface area contributed by atoms with Gasteiger partial charge in [0.15, 0.2) is 0 Å². The van der Waals surface area contributed by atoms with Crippen molar-refractivity contribution in [3.05, 3.63) is 11.9 Å². The van der Waals surface area contributed by atoms with Crippen molar-refractivity contribution in [3.8, 4) is 0 Å². The van der Waals surface area contributed by atoms with Crippen molar-refractivity contribution in [3.63, 3.8) is 0 Å². The highest BCUT2D eigenvalue weighted by Crippen LogP contribution is 2.20. The fourth-order valence-electron chi connectivity index (χ4n) is 2.19. The van der Waals surface area contributed by atoms with Gasteiger partial charge < -0.3 is 10.2 Å². The van der Waals surface area contributed by atoms with Crippen molar-refractivity contribution < 1.29 is 0 Å². The highest BCUT2D eigenvalue weighted by Gasteiger charge is 2.19. The van der Waals surface area contributed by atoms with Gasteiger partial charge in [0.25, 0.3) is 0 Å². The minimum Gasteiger partial charge on any atom is -0.366 e. The van der Waals surface area contributed by atoms with Gasteiger partial charge in [0.05, 0.1) is 11.4 Å². The quantitative estimate of drug-likeness (QED) is 0.779. The molecule has 1 aliphatic heterocycles. The predicted octanol–water partition coefficient (Wildman–Crippen LogP) is 0.781. The van der Waals surface area contributed by atoms with Gasteiger partial charge in [0.1, 0.15) is 0 Å². The maximum absolute atomic E-state index is 4.48. The summed E-state index contributed by atoms with van der Waals surface area (Å²) < 4.78 is 1.92. The van der Waals surface area contributed by atoms with E-state index in [2.05, 4.69) is 35.4 Å². The highest BCUT2D eigenvalue weighted by atomic mass is 15.3. The van der Waals surface area contributed by atoms with Crippen molar-refractivity contribution >= 4 is 5.69 Å². The van der Waals surface area contributed by atoms with Gasteiger partial charge in [-0.2, -0.15) is 5.10 Å². The topological polar surface area (TPSA) is 33.1 Å². The second-order valence-corrected chi connectivity index (χ2v) is 4.29. The lowest BCUT2D eigenvalue weighted by Crippen LogP contribution is -2.49. The Morgan fingerprint density at radius 2 is 2.40 bits per heavy atom. The summed E-state index contributed by atoms with van der Waals surface area (Å²) >= 11 is 0. The van der Waals surface area contributed by atoms with Gasteiger partial charge in [-0.15, -0.1) is 0 Å². The molecular weight excluding hydrogens is 188 g/mol. The molecule has 4 nitrogen and oxygen atoms in total. The summed E-state index contributed by atoms with van der Waals surface area (Å²) in [6.45, 7) is 7.63. The molecule has 0 spiro atoms. The van der Waals surface area contributed by atoms with E-state index in [0.29, 0.717) is 6.04 Å². The van der Waals surface area contributed by atoms with Gasteiger partial charge in [-0.25, -0.2) is 0 Å². The monoisotopic (exact) mass is 208 g/mol. The van der Waals surface area contributed by atoms with E-state index in [1.54, 1.807) is 0 Å². The predicted molar refractivity (Wildman–Crippen MR) is 62.3 cm³/mol. The van der Waals surface area contributed by atoms with Crippen LogP contribution in [0.4, 0.5) is 5.69 Å². The number of aromatic nitrogens is 2. The van der Waals surface area contributed by atoms with Crippen LogP contribution in [0.5, 0.6) is 0 Å². The van der Waals surface area contributed by atoms with E-state index >= 15 is 0 Å². The Morgan fingerprint density at radius 1 is 1.60 bits per heavy atom. The zero-order valence-corrected chi connectivity index (χ0v) is 9.82. The zero-order valence-electron chi connectivity index (χ0n) is 9.82. The number of aryl methyl sites for hydroxylation is 2. The van der Waals surface area contributed by atoms with Crippen LogP contribution in [0.25, 0.3) is 0 Å². The van der Waals surface area contributed by atoms with E-state index in [9.17, 15) is 0 Å². The molecule has 1 aromatic heterocycles. The SMILES string of the molecule is CCc1nn(C)cc1N1CCNC(C)C1. The van der Waals surface area contributed by atoms with Gasteiger partial charge in [-0.1, -0.05) is 6.92 Å².